The average molecular weight is 268 g/mol. The van der Waals surface area contributed by atoms with Gasteiger partial charge in [-0.3, -0.25) is 4.98 Å². The Bertz CT molecular complexity index is 750. The number of carboxylic acid groups (broad SMARTS) is 1. The van der Waals surface area contributed by atoms with Crippen molar-refractivity contribution in [1.29, 1.82) is 0 Å². The van der Waals surface area contributed by atoms with Crippen LogP contribution in [-0.4, -0.2) is 21.0 Å². The third-order valence-corrected chi connectivity index (χ3v) is 2.95. The zero-order chi connectivity index (χ0) is 13.9. The first kappa shape index (κ1) is 12.2. The van der Waals surface area contributed by atoms with Gasteiger partial charge in [-0.05, 0) is 35.7 Å². The number of carboxylic acids is 1. The molecule has 0 radical (unpaired) electrons. The highest BCUT2D eigenvalue weighted by Crippen LogP contribution is 2.18. The summed E-state index contributed by atoms with van der Waals surface area (Å²) in [5.41, 5.74) is 1.93. The summed E-state index contributed by atoms with van der Waals surface area (Å²) < 4.78 is 5.59. The Kier molecular flexibility index (Phi) is 3.09. The van der Waals surface area contributed by atoms with E-state index in [0.29, 0.717) is 12.4 Å². The number of pyridine rings is 1. The Hall–Kier alpha value is -2.82. The summed E-state index contributed by atoms with van der Waals surface area (Å²) >= 11 is 0. The van der Waals surface area contributed by atoms with Crippen LogP contribution in [0, 0.1) is 0 Å². The average Bonchev–Trinajstić information content (AvgIpc) is 2.88. The number of carbonyl (C=O) groups is 1. The van der Waals surface area contributed by atoms with Crippen molar-refractivity contribution in [2.45, 2.75) is 6.61 Å². The van der Waals surface area contributed by atoms with Gasteiger partial charge in [-0.25, -0.2) is 4.79 Å². The van der Waals surface area contributed by atoms with E-state index in [0.717, 1.165) is 16.6 Å². The Morgan fingerprint density at radius 3 is 2.95 bits per heavy atom. The molecule has 2 aromatic heterocycles. The molecule has 0 saturated heterocycles. The van der Waals surface area contributed by atoms with E-state index < -0.39 is 5.97 Å². The predicted octanol–water partition coefficient (Wildman–Crippen LogP) is 2.84. The topological polar surface area (TPSA) is 75.2 Å². The predicted molar refractivity (Wildman–Crippen MR) is 73.8 cm³/mol. The van der Waals surface area contributed by atoms with Gasteiger partial charge in [-0.1, -0.05) is 6.07 Å². The lowest BCUT2D eigenvalue weighted by molar-refractivity contribution is 0.0697. The summed E-state index contributed by atoms with van der Waals surface area (Å²) in [5, 5.41) is 9.92. The van der Waals surface area contributed by atoms with Crippen molar-refractivity contribution >= 4 is 16.9 Å². The molecule has 0 bridgehead atoms. The van der Waals surface area contributed by atoms with Crippen LogP contribution in [-0.2, 0) is 6.61 Å². The lowest BCUT2D eigenvalue weighted by atomic mass is 10.2. The molecule has 100 valence electrons. The van der Waals surface area contributed by atoms with E-state index in [2.05, 4.69) is 9.97 Å². The lowest BCUT2D eigenvalue weighted by Gasteiger charge is -2.02. The SMILES string of the molecule is O=C(O)c1ccc2cc(COc3cccnc3)[nH]c2c1. The highest BCUT2D eigenvalue weighted by molar-refractivity contribution is 5.93. The van der Waals surface area contributed by atoms with Crippen molar-refractivity contribution in [1.82, 2.24) is 9.97 Å². The smallest absolute Gasteiger partial charge is 0.335 e. The van der Waals surface area contributed by atoms with E-state index in [1.165, 1.54) is 0 Å². The second-order valence-electron chi connectivity index (χ2n) is 4.38. The molecule has 0 aliphatic carbocycles. The first-order valence-electron chi connectivity index (χ1n) is 6.10. The van der Waals surface area contributed by atoms with Crippen LogP contribution in [0.5, 0.6) is 5.75 Å². The van der Waals surface area contributed by atoms with Gasteiger partial charge in [0.15, 0.2) is 0 Å². The van der Waals surface area contributed by atoms with Gasteiger partial charge in [0.1, 0.15) is 12.4 Å². The second-order valence-corrected chi connectivity index (χ2v) is 4.38. The molecule has 0 spiro atoms. The summed E-state index contributed by atoms with van der Waals surface area (Å²) in [6.45, 7) is 0.378. The summed E-state index contributed by atoms with van der Waals surface area (Å²) in [6, 6.07) is 10.6. The first-order valence-corrected chi connectivity index (χ1v) is 6.10. The maximum Gasteiger partial charge on any atom is 0.335 e. The monoisotopic (exact) mass is 268 g/mol. The maximum absolute atomic E-state index is 10.9. The molecule has 0 aliphatic heterocycles. The Labute approximate surface area is 114 Å². The summed E-state index contributed by atoms with van der Waals surface area (Å²) in [5.74, 6) is -0.243. The molecule has 1 aromatic carbocycles. The van der Waals surface area contributed by atoms with Crippen LogP contribution >= 0.6 is 0 Å². The number of aromatic amines is 1. The van der Waals surface area contributed by atoms with Crippen LogP contribution < -0.4 is 4.74 Å². The van der Waals surface area contributed by atoms with Gasteiger partial charge in [0.25, 0.3) is 0 Å². The van der Waals surface area contributed by atoms with Crippen molar-refractivity contribution in [3.8, 4) is 5.75 Å². The van der Waals surface area contributed by atoms with E-state index >= 15 is 0 Å². The fourth-order valence-electron chi connectivity index (χ4n) is 1.99. The number of aromatic carboxylic acids is 1. The minimum absolute atomic E-state index is 0.263. The number of fused-ring (bicyclic) bond motifs is 1. The number of nitrogens with zero attached hydrogens (tertiary/aromatic N) is 1. The van der Waals surface area contributed by atoms with Crippen LogP contribution in [0.4, 0.5) is 0 Å². The van der Waals surface area contributed by atoms with E-state index in [1.807, 2.05) is 12.1 Å². The van der Waals surface area contributed by atoms with Crippen LogP contribution in [0.2, 0.25) is 0 Å². The molecule has 0 atom stereocenters. The number of H-pyrrole nitrogens is 1. The Balaban J connectivity index is 1.80. The molecule has 2 N–H and O–H groups in total. The number of hydrogen-bond donors (Lipinski definition) is 2. The van der Waals surface area contributed by atoms with Crippen molar-refractivity contribution in [3.63, 3.8) is 0 Å². The van der Waals surface area contributed by atoms with Gasteiger partial charge < -0.3 is 14.8 Å². The van der Waals surface area contributed by atoms with Crippen LogP contribution in [0.25, 0.3) is 10.9 Å². The molecule has 3 aromatic rings. The van der Waals surface area contributed by atoms with Crippen molar-refractivity contribution in [3.05, 3.63) is 60.0 Å². The number of ether oxygens (including phenoxy) is 1. The van der Waals surface area contributed by atoms with Crippen LogP contribution in [0.1, 0.15) is 16.1 Å². The fourth-order valence-corrected chi connectivity index (χ4v) is 1.99. The molecule has 0 unspecified atom stereocenters. The van der Waals surface area contributed by atoms with Crippen LogP contribution in [0.15, 0.2) is 48.8 Å². The minimum atomic E-state index is -0.936. The van der Waals surface area contributed by atoms with E-state index in [9.17, 15) is 4.79 Å². The molecule has 5 nitrogen and oxygen atoms in total. The first-order chi connectivity index (χ1) is 9.72. The highest BCUT2D eigenvalue weighted by atomic mass is 16.5. The van der Waals surface area contributed by atoms with Crippen molar-refractivity contribution in [2.75, 3.05) is 0 Å². The normalized spacial score (nSPS) is 10.6. The molecule has 20 heavy (non-hydrogen) atoms. The lowest BCUT2D eigenvalue weighted by Crippen LogP contribution is -1.96. The van der Waals surface area contributed by atoms with E-state index in [4.69, 9.17) is 9.84 Å². The fraction of sp³-hybridized carbons (Fsp3) is 0.0667. The number of benzene rings is 1. The number of nitrogens with one attached hydrogen (secondary N) is 1. The van der Waals surface area contributed by atoms with Crippen LogP contribution in [0.3, 0.4) is 0 Å². The number of rotatable bonds is 4. The zero-order valence-electron chi connectivity index (χ0n) is 10.5. The van der Waals surface area contributed by atoms with Crippen molar-refractivity contribution < 1.29 is 14.6 Å². The van der Waals surface area contributed by atoms with Gasteiger partial charge in [-0.2, -0.15) is 0 Å². The molecule has 0 amide bonds. The summed E-state index contributed by atoms with van der Waals surface area (Å²) in [4.78, 5) is 18.0. The second kappa shape index (κ2) is 5.05. The van der Waals surface area contributed by atoms with Gasteiger partial charge in [0.05, 0.1) is 17.5 Å². The Morgan fingerprint density at radius 1 is 1.30 bits per heavy atom. The number of aromatic nitrogens is 2. The molecule has 2 heterocycles. The molecular weight excluding hydrogens is 256 g/mol. The molecule has 3 rings (SSSR count). The highest BCUT2D eigenvalue weighted by Gasteiger charge is 2.06. The zero-order valence-corrected chi connectivity index (χ0v) is 10.5. The maximum atomic E-state index is 10.9. The standard InChI is InChI=1S/C15H12N2O3/c18-15(19)11-4-3-10-6-12(17-14(10)7-11)9-20-13-2-1-5-16-8-13/h1-8,17H,9H2,(H,18,19). The largest absolute Gasteiger partial charge is 0.486 e. The third kappa shape index (κ3) is 2.47. The molecule has 5 heteroatoms. The van der Waals surface area contributed by atoms with Crippen molar-refractivity contribution in [2.24, 2.45) is 0 Å². The molecule has 0 fully saturated rings. The summed E-state index contributed by atoms with van der Waals surface area (Å²) in [6.07, 6.45) is 3.33. The molecule has 0 saturated carbocycles. The van der Waals surface area contributed by atoms with Gasteiger partial charge >= 0.3 is 5.97 Å². The van der Waals surface area contributed by atoms with Gasteiger partial charge in [-0.15, -0.1) is 0 Å². The van der Waals surface area contributed by atoms with E-state index in [-0.39, 0.29) is 5.56 Å². The quantitative estimate of drug-likeness (QED) is 0.763. The molecule has 0 aliphatic rings. The number of hydrogen-bond acceptors (Lipinski definition) is 3. The Morgan fingerprint density at radius 2 is 2.20 bits per heavy atom. The minimum Gasteiger partial charge on any atom is -0.486 e. The molecular formula is C15H12N2O3. The van der Waals surface area contributed by atoms with E-state index in [1.54, 1.807) is 36.7 Å². The van der Waals surface area contributed by atoms with Gasteiger partial charge in [0.2, 0.25) is 0 Å². The summed E-state index contributed by atoms with van der Waals surface area (Å²) in [7, 11) is 0. The van der Waals surface area contributed by atoms with Gasteiger partial charge in [0, 0.05) is 11.7 Å². The third-order valence-electron chi connectivity index (χ3n) is 2.95.